The van der Waals surface area contributed by atoms with E-state index in [1.807, 2.05) is 6.92 Å². The molecule has 0 radical (unpaired) electrons. The maximum absolute atomic E-state index is 12.2. The fraction of sp³-hybridized carbons (Fsp3) is 0.643. The van der Waals surface area contributed by atoms with Crippen LogP contribution in [-0.4, -0.2) is 26.8 Å². The molecule has 1 aromatic rings. The number of imidazole rings is 1. The molecule has 0 saturated carbocycles. The van der Waals surface area contributed by atoms with Crippen molar-refractivity contribution in [3.05, 3.63) is 18.2 Å². The van der Waals surface area contributed by atoms with Crippen molar-refractivity contribution >= 4 is 11.8 Å². The van der Waals surface area contributed by atoms with E-state index in [2.05, 4.69) is 16.9 Å². The SMILES string of the molecule is CCCCCC(CC)C(C(=O)O)C(=O)c1cnc[nH]1. The molecular formula is C14H22N2O3. The highest BCUT2D eigenvalue weighted by Gasteiger charge is 2.34. The lowest BCUT2D eigenvalue weighted by Crippen LogP contribution is -2.31. The van der Waals surface area contributed by atoms with Crippen LogP contribution in [0, 0.1) is 11.8 Å². The summed E-state index contributed by atoms with van der Waals surface area (Å²) in [5.41, 5.74) is 0.279. The van der Waals surface area contributed by atoms with E-state index in [0.717, 1.165) is 25.7 Å². The number of carboxylic acids is 1. The predicted octanol–water partition coefficient (Wildman–Crippen LogP) is 2.90. The third kappa shape index (κ3) is 4.19. The molecule has 5 nitrogen and oxygen atoms in total. The zero-order valence-corrected chi connectivity index (χ0v) is 11.6. The first kappa shape index (κ1) is 15.4. The number of rotatable bonds is 9. The Hall–Kier alpha value is -1.65. The Morgan fingerprint density at radius 1 is 1.37 bits per heavy atom. The molecule has 0 aliphatic heterocycles. The first-order chi connectivity index (χ1) is 9.11. The summed E-state index contributed by atoms with van der Waals surface area (Å²) in [6.07, 6.45) is 7.38. The number of ketones is 1. The number of hydrogen-bond donors (Lipinski definition) is 2. The van der Waals surface area contributed by atoms with Crippen LogP contribution in [0.25, 0.3) is 0 Å². The third-order valence-electron chi connectivity index (χ3n) is 3.49. The summed E-state index contributed by atoms with van der Waals surface area (Å²) in [6, 6.07) is 0. The highest BCUT2D eigenvalue weighted by Crippen LogP contribution is 2.26. The minimum atomic E-state index is -1.04. The number of H-pyrrole nitrogens is 1. The number of nitrogens with zero attached hydrogens (tertiary/aromatic N) is 1. The molecule has 2 N–H and O–H groups in total. The Bertz CT molecular complexity index is 401. The number of Topliss-reactive ketones (excluding diaryl/α,β-unsaturated/α-hetero) is 1. The van der Waals surface area contributed by atoms with E-state index in [-0.39, 0.29) is 17.4 Å². The summed E-state index contributed by atoms with van der Waals surface area (Å²) in [5.74, 6) is -2.49. The minimum absolute atomic E-state index is 0.111. The molecule has 0 aromatic carbocycles. The first-order valence-electron chi connectivity index (χ1n) is 6.87. The molecule has 0 saturated heterocycles. The number of unbranched alkanes of at least 4 members (excludes halogenated alkanes) is 2. The Balaban J connectivity index is 2.80. The fourth-order valence-electron chi connectivity index (χ4n) is 2.35. The Morgan fingerprint density at radius 2 is 2.11 bits per heavy atom. The van der Waals surface area contributed by atoms with Crippen LogP contribution >= 0.6 is 0 Å². The van der Waals surface area contributed by atoms with Gasteiger partial charge in [0.2, 0.25) is 0 Å². The first-order valence-corrected chi connectivity index (χ1v) is 6.87. The lowest BCUT2D eigenvalue weighted by atomic mass is 9.82. The number of aromatic amines is 1. The van der Waals surface area contributed by atoms with Crippen LogP contribution in [0.5, 0.6) is 0 Å². The van der Waals surface area contributed by atoms with Gasteiger partial charge in [-0.25, -0.2) is 4.98 Å². The summed E-state index contributed by atoms with van der Waals surface area (Å²) in [7, 11) is 0. The van der Waals surface area contributed by atoms with E-state index in [4.69, 9.17) is 0 Å². The molecule has 106 valence electrons. The molecule has 0 aliphatic rings. The lowest BCUT2D eigenvalue weighted by Gasteiger charge is -2.21. The number of carbonyl (C=O) groups is 2. The van der Waals surface area contributed by atoms with E-state index in [1.165, 1.54) is 12.5 Å². The van der Waals surface area contributed by atoms with Gasteiger partial charge in [0.05, 0.1) is 12.5 Å². The van der Waals surface area contributed by atoms with Gasteiger partial charge in [-0.3, -0.25) is 9.59 Å². The van der Waals surface area contributed by atoms with Gasteiger partial charge in [0.15, 0.2) is 5.78 Å². The van der Waals surface area contributed by atoms with Crippen molar-refractivity contribution in [3.8, 4) is 0 Å². The number of aliphatic carboxylic acids is 1. The van der Waals surface area contributed by atoms with Crippen LogP contribution in [-0.2, 0) is 4.79 Å². The van der Waals surface area contributed by atoms with Crippen molar-refractivity contribution < 1.29 is 14.7 Å². The van der Waals surface area contributed by atoms with Crippen LogP contribution in [0.1, 0.15) is 56.4 Å². The second kappa shape index (κ2) is 7.71. The number of carbonyl (C=O) groups excluding carboxylic acids is 1. The quantitative estimate of drug-likeness (QED) is 0.409. The standard InChI is InChI=1S/C14H22N2O3/c1-3-5-6-7-10(4-2)12(14(18)19)13(17)11-8-15-9-16-11/h8-10,12H,3-7H2,1-2H3,(H,15,16)(H,18,19). The van der Waals surface area contributed by atoms with Gasteiger partial charge in [0, 0.05) is 0 Å². The van der Waals surface area contributed by atoms with Gasteiger partial charge in [-0.05, 0) is 12.3 Å². The molecule has 0 amide bonds. The van der Waals surface area contributed by atoms with Crippen molar-refractivity contribution in [3.63, 3.8) is 0 Å². The highest BCUT2D eigenvalue weighted by molar-refractivity contribution is 6.07. The number of carboxylic acid groups (broad SMARTS) is 1. The molecule has 0 spiro atoms. The largest absolute Gasteiger partial charge is 0.481 e. The Kier molecular flexibility index (Phi) is 6.25. The average Bonchev–Trinajstić information content (AvgIpc) is 2.90. The van der Waals surface area contributed by atoms with Crippen molar-refractivity contribution in [2.24, 2.45) is 11.8 Å². The summed E-state index contributed by atoms with van der Waals surface area (Å²) in [5, 5.41) is 9.35. The Labute approximate surface area is 113 Å². The number of aromatic nitrogens is 2. The predicted molar refractivity (Wildman–Crippen MR) is 72.0 cm³/mol. The molecule has 2 atom stereocenters. The van der Waals surface area contributed by atoms with E-state index in [9.17, 15) is 14.7 Å². The van der Waals surface area contributed by atoms with Crippen molar-refractivity contribution in [1.82, 2.24) is 9.97 Å². The van der Waals surface area contributed by atoms with Crippen LogP contribution in [0.3, 0.4) is 0 Å². The lowest BCUT2D eigenvalue weighted by molar-refractivity contribution is -0.141. The smallest absolute Gasteiger partial charge is 0.314 e. The van der Waals surface area contributed by atoms with Crippen molar-refractivity contribution in [2.75, 3.05) is 0 Å². The van der Waals surface area contributed by atoms with Gasteiger partial charge < -0.3 is 10.1 Å². The van der Waals surface area contributed by atoms with Crippen molar-refractivity contribution in [2.45, 2.75) is 46.0 Å². The molecule has 0 aliphatic carbocycles. The summed E-state index contributed by atoms with van der Waals surface area (Å²) < 4.78 is 0. The molecule has 0 fully saturated rings. The van der Waals surface area contributed by atoms with Gasteiger partial charge in [-0.15, -0.1) is 0 Å². The second-order valence-electron chi connectivity index (χ2n) is 4.81. The van der Waals surface area contributed by atoms with Crippen LogP contribution in [0.2, 0.25) is 0 Å². The zero-order valence-electron chi connectivity index (χ0n) is 11.6. The molecule has 1 rings (SSSR count). The highest BCUT2D eigenvalue weighted by atomic mass is 16.4. The summed E-state index contributed by atoms with van der Waals surface area (Å²) >= 11 is 0. The number of nitrogens with one attached hydrogen (secondary N) is 1. The van der Waals surface area contributed by atoms with E-state index in [0.29, 0.717) is 6.42 Å². The maximum atomic E-state index is 12.2. The monoisotopic (exact) mass is 266 g/mol. The summed E-state index contributed by atoms with van der Waals surface area (Å²) in [4.78, 5) is 30.1. The molecule has 2 unspecified atom stereocenters. The number of hydrogen-bond acceptors (Lipinski definition) is 3. The van der Waals surface area contributed by atoms with Crippen LogP contribution < -0.4 is 0 Å². The molecule has 1 heterocycles. The fourth-order valence-corrected chi connectivity index (χ4v) is 2.35. The topological polar surface area (TPSA) is 83.0 Å². The zero-order chi connectivity index (χ0) is 14.3. The molecular weight excluding hydrogens is 244 g/mol. The molecule has 0 bridgehead atoms. The van der Waals surface area contributed by atoms with E-state index in [1.54, 1.807) is 0 Å². The van der Waals surface area contributed by atoms with Gasteiger partial charge in [-0.1, -0.05) is 39.5 Å². The van der Waals surface area contributed by atoms with Gasteiger partial charge in [0.25, 0.3) is 0 Å². The molecule has 19 heavy (non-hydrogen) atoms. The normalized spacial score (nSPS) is 14.0. The minimum Gasteiger partial charge on any atom is -0.481 e. The van der Waals surface area contributed by atoms with Gasteiger partial charge in [0.1, 0.15) is 11.6 Å². The van der Waals surface area contributed by atoms with Gasteiger partial charge >= 0.3 is 5.97 Å². The van der Waals surface area contributed by atoms with E-state index >= 15 is 0 Å². The Morgan fingerprint density at radius 3 is 2.58 bits per heavy atom. The summed E-state index contributed by atoms with van der Waals surface area (Å²) in [6.45, 7) is 4.04. The van der Waals surface area contributed by atoms with Crippen LogP contribution in [0.15, 0.2) is 12.5 Å². The average molecular weight is 266 g/mol. The molecule has 1 aromatic heterocycles. The van der Waals surface area contributed by atoms with Crippen molar-refractivity contribution in [1.29, 1.82) is 0 Å². The van der Waals surface area contributed by atoms with Crippen LogP contribution in [0.4, 0.5) is 0 Å². The van der Waals surface area contributed by atoms with E-state index < -0.39 is 11.9 Å². The third-order valence-corrected chi connectivity index (χ3v) is 3.49. The second-order valence-corrected chi connectivity index (χ2v) is 4.81. The molecule has 5 heteroatoms. The maximum Gasteiger partial charge on any atom is 0.314 e. The van der Waals surface area contributed by atoms with Gasteiger partial charge in [-0.2, -0.15) is 0 Å².